The fourth-order valence-electron chi connectivity index (χ4n) is 4.40. The van der Waals surface area contributed by atoms with Crippen LogP contribution in [0.1, 0.15) is 71.1 Å². The lowest BCUT2D eigenvalue weighted by molar-refractivity contribution is 0.278. The molecule has 2 heterocycles. The van der Waals surface area contributed by atoms with Crippen LogP contribution in [0.4, 0.5) is 0 Å². The predicted octanol–water partition coefficient (Wildman–Crippen LogP) is 5.17. The Bertz CT molecular complexity index is 293. The van der Waals surface area contributed by atoms with Crippen LogP contribution in [0, 0.1) is 0 Å². The van der Waals surface area contributed by atoms with Gasteiger partial charge in [-0.1, -0.05) is 51.5 Å². The Morgan fingerprint density at radius 2 is 1.05 bits per heavy atom. The van der Waals surface area contributed by atoms with Crippen LogP contribution in [0.2, 0.25) is 12.1 Å². The fourth-order valence-corrected chi connectivity index (χ4v) is 8.84. The zero-order valence-electron chi connectivity index (χ0n) is 15.2. The van der Waals surface area contributed by atoms with E-state index in [1.165, 1.54) is 90.4 Å². The first kappa shape index (κ1) is 18.2. The van der Waals surface area contributed by atoms with Crippen LogP contribution in [0.15, 0.2) is 12.7 Å². The van der Waals surface area contributed by atoms with E-state index in [2.05, 4.69) is 35.3 Å². The first-order valence-electron chi connectivity index (χ1n) is 9.82. The van der Waals surface area contributed by atoms with Crippen molar-refractivity contribution in [3.63, 3.8) is 0 Å². The van der Waals surface area contributed by atoms with Crippen LogP contribution in [0.25, 0.3) is 0 Å². The summed E-state index contributed by atoms with van der Waals surface area (Å²) in [6.45, 7) is 14.6. The average molecular weight is 323 g/mol. The van der Waals surface area contributed by atoms with Crippen LogP contribution in [0.5, 0.6) is 0 Å². The monoisotopic (exact) mass is 322 g/mol. The lowest BCUT2D eigenvalue weighted by atomic mass is 10.1. The fraction of sp³-hybridized carbons (Fsp3) is 0.895. The second-order valence-corrected chi connectivity index (χ2v) is 12.0. The summed E-state index contributed by atoms with van der Waals surface area (Å²) in [6, 6.07) is 0. The number of allylic oxidation sites excluding steroid dienone is 1. The summed E-state index contributed by atoms with van der Waals surface area (Å²) in [7, 11) is -1.61. The highest BCUT2D eigenvalue weighted by Gasteiger charge is 2.44. The molecule has 0 aromatic heterocycles. The van der Waals surface area contributed by atoms with Crippen LogP contribution in [0.3, 0.4) is 0 Å². The average Bonchev–Trinajstić information content (AvgIpc) is 2.45. The molecule has 0 spiro atoms. The van der Waals surface area contributed by atoms with E-state index in [0.29, 0.717) is 5.54 Å². The topological polar surface area (TPSA) is 6.48 Å². The van der Waals surface area contributed by atoms with E-state index in [-0.39, 0.29) is 0 Å². The number of hydrogen-bond acceptors (Lipinski definition) is 2. The molecule has 2 aliphatic heterocycles. The summed E-state index contributed by atoms with van der Waals surface area (Å²) >= 11 is 0. The van der Waals surface area contributed by atoms with Crippen molar-refractivity contribution in [2.75, 3.05) is 26.2 Å². The summed E-state index contributed by atoms with van der Waals surface area (Å²) in [5.41, 5.74) is 0.659. The van der Waals surface area contributed by atoms with Crippen LogP contribution in [-0.2, 0) is 0 Å². The molecule has 0 bridgehead atoms. The minimum absolute atomic E-state index is 0.659. The molecule has 0 aromatic carbocycles. The maximum atomic E-state index is 4.18. The van der Waals surface area contributed by atoms with E-state index >= 15 is 0 Å². The lowest BCUT2D eigenvalue weighted by Gasteiger charge is -2.51. The van der Waals surface area contributed by atoms with Gasteiger partial charge < -0.3 is 9.13 Å². The van der Waals surface area contributed by atoms with Gasteiger partial charge in [0.1, 0.15) is 0 Å². The highest BCUT2D eigenvalue weighted by Crippen LogP contribution is 2.33. The van der Waals surface area contributed by atoms with Gasteiger partial charge in [-0.05, 0) is 64.0 Å². The summed E-state index contributed by atoms with van der Waals surface area (Å²) in [5.74, 6) is 0. The third-order valence-corrected chi connectivity index (χ3v) is 11.6. The minimum atomic E-state index is -1.61. The summed E-state index contributed by atoms with van der Waals surface area (Å²) < 4.78 is 5.89. The molecule has 0 N–H and O–H groups in total. The molecule has 0 aliphatic carbocycles. The molecule has 0 radical (unpaired) electrons. The largest absolute Gasteiger partial charge is 0.311 e. The molecule has 2 fully saturated rings. The second kappa shape index (κ2) is 9.24. The molecule has 2 rings (SSSR count). The molecule has 3 heteroatoms. The van der Waals surface area contributed by atoms with Gasteiger partial charge in [0, 0.05) is 0 Å². The Balaban J connectivity index is 2.17. The maximum absolute atomic E-state index is 4.18. The van der Waals surface area contributed by atoms with Crippen molar-refractivity contribution in [2.45, 2.75) is 83.2 Å². The standard InChI is InChI=1S/C19H38N2Si/c1-4-19(2)22(3,20-15-11-7-5-8-12-16-20)21-17-13-9-6-10-14-18-21/h4,19H,1,5-18H2,2-3H3. The number of rotatable bonds is 4. The van der Waals surface area contributed by atoms with E-state index in [0.717, 1.165) is 0 Å². The Morgan fingerprint density at radius 3 is 1.36 bits per heavy atom. The number of nitrogens with zero attached hydrogens (tertiary/aromatic N) is 2. The van der Waals surface area contributed by atoms with Gasteiger partial charge in [0.05, 0.1) is 0 Å². The molecular weight excluding hydrogens is 284 g/mol. The molecule has 2 aliphatic rings. The quantitative estimate of drug-likeness (QED) is 0.520. The molecule has 22 heavy (non-hydrogen) atoms. The third kappa shape index (κ3) is 4.45. The van der Waals surface area contributed by atoms with Crippen molar-refractivity contribution in [1.82, 2.24) is 9.13 Å². The zero-order valence-corrected chi connectivity index (χ0v) is 16.2. The predicted molar refractivity (Wildman–Crippen MR) is 101 cm³/mol. The first-order chi connectivity index (χ1) is 10.7. The molecule has 1 atom stereocenters. The molecular formula is C19H38N2Si. The van der Waals surface area contributed by atoms with E-state index < -0.39 is 8.40 Å². The SMILES string of the molecule is C=CC(C)[Si](C)(N1CCCCCCC1)N1CCCCCCC1. The molecule has 0 saturated carbocycles. The van der Waals surface area contributed by atoms with E-state index in [1.807, 2.05) is 0 Å². The highest BCUT2D eigenvalue weighted by atomic mass is 28.3. The second-order valence-electron chi connectivity index (χ2n) is 7.63. The minimum Gasteiger partial charge on any atom is -0.311 e. The van der Waals surface area contributed by atoms with Crippen molar-refractivity contribution >= 4 is 8.40 Å². The van der Waals surface area contributed by atoms with Gasteiger partial charge in [-0.25, -0.2) is 0 Å². The van der Waals surface area contributed by atoms with E-state index in [9.17, 15) is 0 Å². The van der Waals surface area contributed by atoms with Gasteiger partial charge >= 0.3 is 0 Å². The van der Waals surface area contributed by atoms with E-state index in [1.54, 1.807) is 0 Å². The van der Waals surface area contributed by atoms with Crippen molar-refractivity contribution in [1.29, 1.82) is 0 Å². The Hall–Kier alpha value is -0.123. The smallest absolute Gasteiger partial charge is 0.210 e. The lowest BCUT2D eigenvalue weighted by Crippen LogP contribution is -2.66. The molecule has 2 saturated heterocycles. The van der Waals surface area contributed by atoms with Crippen LogP contribution < -0.4 is 0 Å². The van der Waals surface area contributed by atoms with Crippen LogP contribution >= 0.6 is 0 Å². The van der Waals surface area contributed by atoms with Gasteiger partial charge in [0.2, 0.25) is 8.40 Å². The van der Waals surface area contributed by atoms with Gasteiger partial charge in [0.15, 0.2) is 0 Å². The molecule has 0 aromatic rings. The first-order valence-corrected chi connectivity index (χ1v) is 12.3. The van der Waals surface area contributed by atoms with Gasteiger partial charge in [-0.15, -0.1) is 6.58 Å². The normalized spacial score (nSPS) is 25.5. The molecule has 0 amide bonds. The summed E-state index contributed by atoms with van der Waals surface area (Å²) in [4.78, 5) is 0. The maximum Gasteiger partial charge on any atom is 0.210 e. The van der Waals surface area contributed by atoms with Crippen molar-refractivity contribution in [3.05, 3.63) is 12.7 Å². The third-order valence-electron chi connectivity index (χ3n) is 6.21. The van der Waals surface area contributed by atoms with Gasteiger partial charge in [0.25, 0.3) is 0 Å². The van der Waals surface area contributed by atoms with Gasteiger partial charge in [-0.2, -0.15) is 0 Å². The van der Waals surface area contributed by atoms with Gasteiger partial charge in [-0.3, -0.25) is 0 Å². The Morgan fingerprint density at radius 1 is 0.727 bits per heavy atom. The molecule has 2 nitrogen and oxygen atoms in total. The summed E-state index contributed by atoms with van der Waals surface area (Å²) in [5, 5.41) is 0. The molecule has 128 valence electrons. The Kier molecular flexibility index (Phi) is 7.65. The highest BCUT2D eigenvalue weighted by molar-refractivity contribution is 6.75. The van der Waals surface area contributed by atoms with Crippen LogP contribution in [-0.4, -0.2) is 43.7 Å². The summed E-state index contributed by atoms with van der Waals surface area (Å²) in [6.07, 6.45) is 16.5. The number of hydrogen-bond donors (Lipinski definition) is 0. The van der Waals surface area contributed by atoms with Crippen molar-refractivity contribution in [2.24, 2.45) is 0 Å². The molecule has 1 unspecified atom stereocenters. The zero-order chi connectivity index (χ0) is 15.8. The van der Waals surface area contributed by atoms with E-state index in [4.69, 9.17) is 0 Å². The van der Waals surface area contributed by atoms with Crippen molar-refractivity contribution < 1.29 is 0 Å². The van der Waals surface area contributed by atoms with Crippen molar-refractivity contribution in [3.8, 4) is 0 Å². The Labute approximate surface area is 140 Å².